The molecule has 1 rings (SSSR count). The molecule has 0 amide bonds. The average Bonchev–Trinajstić information content (AvgIpc) is 2.16. The van der Waals surface area contributed by atoms with E-state index in [1.807, 2.05) is 19.2 Å². The molecule has 0 bridgehead atoms. The zero-order valence-electron chi connectivity index (χ0n) is 8.10. The standard InChI is InChI=1S/C10H14BrNO/c1-7(12-2)9-6-8(11)4-5-10(9)13-3/h4-7,12H,1-3H3/t7-/m0/s1. The van der Waals surface area contributed by atoms with Gasteiger partial charge in [0.15, 0.2) is 0 Å². The number of hydrogen-bond donors (Lipinski definition) is 1. The molecule has 0 heterocycles. The minimum Gasteiger partial charge on any atom is -0.496 e. The van der Waals surface area contributed by atoms with Crippen LogP contribution in [0.2, 0.25) is 0 Å². The van der Waals surface area contributed by atoms with Gasteiger partial charge in [-0.05, 0) is 32.2 Å². The van der Waals surface area contributed by atoms with E-state index in [1.54, 1.807) is 7.11 Å². The molecule has 3 heteroatoms. The Hall–Kier alpha value is -0.540. The van der Waals surface area contributed by atoms with E-state index in [4.69, 9.17) is 4.74 Å². The van der Waals surface area contributed by atoms with Gasteiger partial charge >= 0.3 is 0 Å². The zero-order valence-corrected chi connectivity index (χ0v) is 9.68. The number of hydrogen-bond acceptors (Lipinski definition) is 2. The minimum absolute atomic E-state index is 0.299. The molecule has 72 valence electrons. The Kier molecular flexibility index (Phi) is 3.75. The van der Waals surface area contributed by atoms with Crippen LogP contribution in [0.4, 0.5) is 0 Å². The monoisotopic (exact) mass is 243 g/mol. The lowest BCUT2D eigenvalue weighted by Gasteiger charge is -2.14. The number of benzene rings is 1. The largest absolute Gasteiger partial charge is 0.496 e. The fraction of sp³-hybridized carbons (Fsp3) is 0.400. The third kappa shape index (κ3) is 2.45. The Morgan fingerprint density at radius 2 is 2.15 bits per heavy atom. The van der Waals surface area contributed by atoms with Crippen LogP contribution in [0.15, 0.2) is 22.7 Å². The van der Waals surface area contributed by atoms with Gasteiger partial charge in [-0.15, -0.1) is 0 Å². The van der Waals surface area contributed by atoms with Crippen LogP contribution in [0.5, 0.6) is 5.75 Å². The first-order valence-corrected chi connectivity index (χ1v) is 4.99. The van der Waals surface area contributed by atoms with Gasteiger partial charge in [-0.25, -0.2) is 0 Å². The molecule has 1 aromatic carbocycles. The number of rotatable bonds is 3. The maximum absolute atomic E-state index is 5.26. The smallest absolute Gasteiger partial charge is 0.123 e. The van der Waals surface area contributed by atoms with Gasteiger partial charge in [-0.1, -0.05) is 15.9 Å². The Balaban J connectivity index is 3.07. The minimum atomic E-state index is 0.299. The Morgan fingerprint density at radius 1 is 1.46 bits per heavy atom. The molecule has 0 saturated heterocycles. The van der Waals surface area contributed by atoms with Gasteiger partial charge in [0, 0.05) is 16.1 Å². The molecular formula is C10H14BrNO. The average molecular weight is 244 g/mol. The van der Waals surface area contributed by atoms with Gasteiger partial charge in [-0.2, -0.15) is 0 Å². The number of ether oxygens (including phenoxy) is 1. The first-order chi connectivity index (χ1) is 6.19. The molecule has 0 aliphatic carbocycles. The Bertz CT molecular complexity index is 288. The molecule has 1 aromatic rings. The summed E-state index contributed by atoms with van der Waals surface area (Å²) in [5, 5.41) is 3.18. The van der Waals surface area contributed by atoms with Crippen molar-refractivity contribution in [3.05, 3.63) is 28.2 Å². The summed E-state index contributed by atoms with van der Waals surface area (Å²) in [5.41, 5.74) is 1.17. The molecule has 1 atom stereocenters. The first kappa shape index (κ1) is 10.5. The second-order valence-corrected chi connectivity index (χ2v) is 3.81. The highest BCUT2D eigenvalue weighted by Crippen LogP contribution is 2.27. The SMILES string of the molecule is CN[C@@H](C)c1cc(Br)ccc1OC. The van der Waals surface area contributed by atoms with Crippen LogP contribution in [-0.2, 0) is 0 Å². The van der Waals surface area contributed by atoms with Gasteiger partial charge in [0.05, 0.1) is 7.11 Å². The molecule has 0 saturated carbocycles. The number of nitrogens with one attached hydrogen (secondary N) is 1. The molecule has 0 aliphatic rings. The number of methoxy groups -OCH3 is 1. The molecule has 0 unspecified atom stereocenters. The molecule has 13 heavy (non-hydrogen) atoms. The fourth-order valence-electron chi connectivity index (χ4n) is 1.20. The van der Waals surface area contributed by atoms with Crippen LogP contribution in [-0.4, -0.2) is 14.2 Å². The summed E-state index contributed by atoms with van der Waals surface area (Å²) >= 11 is 3.44. The van der Waals surface area contributed by atoms with Crippen molar-refractivity contribution in [1.29, 1.82) is 0 Å². The third-order valence-corrected chi connectivity index (χ3v) is 2.58. The van der Waals surface area contributed by atoms with Crippen molar-refractivity contribution in [1.82, 2.24) is 5.32 Å². The highest BCUT2D eigenvalue weighted by atomic mass is 79.9. The first-order valence-electron chi connectivity index (χ1n) is 4.19. The van der Waals surface area contributed by atoms with Crippen molar-refractivity contribution < 1.29 is 4.74 Å². The predicted octanol–water partition coefficient (Wildman–Crippen LogP) is 2.74. The van der Waals surface area contributed by atoms with E-state index >= 15 is 0 Å². The van der Waals surface area contributed by atoms with Crippen molar-refractivity contribution in [2.75, 3.05) is 14.2 Å². The molecule has 0 radical (unpaired) electrons. The molecule has 1 N–H and O–H groups in total. The van der Waals surface area contributed by atoms with E-state index in [9.17, 15) is 0 Å². The Morgan fingerprint density at radius 3 is 2.69 bits per heavy atom. The summed E-state index contributed by atoms with van der Waals surface area (Å²) in [6.07, 6.45) is 0. The highest BCUT2D eigenvalue weighted by Gasteiger charge is 2.09. The van der Waals surface area contributed by atoms with Crippen molar-refractivity contribution in [2.45, 2.75) is 13.0 Å². The maximum Gasteiger partial charge on any atom is 0.123 e. The zero-order chi connectivity index (χ0) is 9.84. The molecule has 0 aliphatic heterocycles. The second-order valence-electron chi connectivity index (χ2n) is 2.90. The van der Waals surface area contributed by atoms with Gasteiger partial charge in [0.2, 0.25) is 0 Å². The van der Waals surface area contributed by atoms with Crippen molar-refractivity contribution in [3.8, 4) is 5.75 Å². The van der Waals surface area contributed by atoms with E-state index in [2.05, 4.69) is 34.2 Å². The third-order valence-electron chi connectivity index (χ3n) is 2.09. The maximum atomic E-state index is 5.26. The molecule has 0 spiro atoms. The predicted molar refractivity (Wildman–Crippen MR) is 58.2 cm³/mol. The van der Waals surface area contributed by atoms with Crippen LogP contribution < -0.4 is 10.1 Å². The lowest BCUT2D eigenvalue weighted by molar-refractivity contribution is 0.403. The molecular weight excluding hydrogens is 230 g/mol. The normalized spacial score (nSPS) is 12.6. The van der Waals surface area contributed by atoms with Crippen LogP contribution in [0.3, 0.4) is 0 Å². The Labute approximate surface area is 87.4 Å². The van der Waals surface area contributed by atoms with Crippen LogP contribution in [0.25, 0.3) is 0 Å². The van der Waals surface area contributed by atoms with E-state index in [0.717, 1.165) is 10.2 Å². The van der Waals surface area contributed by atoms with Crippen LogP contribution in [0.1, 0.15) is 18.5 Å². The van der Waals surface area contributed by atoms with Crippen molar-refractivity contribution in [3.63, 3.8) is 0 Å². The molecule has 0 aromatic heterocycles. The van der Waals surface area contributed by atoms with Gasteiger partial charge in [0.1, 0.15) is 5.75 Å². The molecule has 2 nitrogen and oxygen atoms in total. The van der Waals surface area contributed by atoms with E-state index < -0.39 is 0 Å². The topological polar surface area (TPSA) is 21.3 Å². The fourth-order valence-corrected chi connectivity index (χ4v) is 1.58. The lowest BCUT2D eigenvalue weighted by atomic mass is 10.1. The summed E-state index contributed by atoms with van der Waals surface area (Å²) in [4.78, 5) is 0. The summed E-state index contributed by atoms with van der Waals surface area (Å²) in [6.45, 7) is 2.10. The van der Waals surface area contributed by atoms with Crippen LogP contribution >= 0.6 is 15.9 Å². The quantitative estimate of drug-likeness (QED) is 0.882. The molecule has 0 fully saturated rings. The van der Waals surface area contributed by atoms with Gasteiger partial charge in [0.25, 0.3) is 0 Å². The summed E-state index contributed by atoms with van der Waals surface area (Å²) in [6, 6.07) is 6.31. The van der Waals surface area contributed by atoms with E-state index in [0.29, 0.717) is 6.04 Å². The van der Waals surface area contributed by atoms with Gasteiger partial charge in [-0.3, -0.25) is 0 Å². The summed E-state index contributed by atoms with van der Waals surface area (Å²) in [7, 11) is 3.63. The van der Waals surface area contributed by atoms with E-state index in [1.165, 1.54) is 5.56 Å². The summed E-state index contributed by atoms with van der Waals surface area (Å²) < 4.78 is 6.34. The number of halogens is 1. The lowest BCUT2D eigenvalue weighted by Crippen LogP contribution is -2.13. The highest BCUT2D eigenvalue weighted by molar-refractivity contribution is 9.10. The van der Waals surface area contributed by atoms with E-state index in [-0.39, 0.29) is 0 Å². The van der Waals surface area contributed by atoms with Crippen LogP contribution in [0, 0.1) is 0 Å². The van der Waals surface area contributed by atoms with Crippen molar-refractivity contribution in [2.24, 2.45) is 0 Å². The summed E-state index contributed by atoms with van der Waals surface area (Å²) in [5.74, 6) is 0.921. The van der Waals surface area contributed by atoms with Crippen molar-refractivity contribution >= 4 is 15.9 Å². The second kappa shape index (κ2) is 4.63. The van der Waals surface area contributed by atoms with Gasteiger partial charge < -0.3 is 10.1 Å².